The lowest BCUT2D eigenvalue weighted by Crippen LogP contribution is -2.15. The van der Waals surface area contributed by atoms with Crippen LogP contribution in [0, 0.1) is 8.80 Å². The summed E-state index contributed by atoms with van der Waals surface area (Å²) in [5, 5.41) is 11.0. The Morgan fingerprint density at radius 2 is 2.14 bits per heavy atom. The number of aliphatic hydroxyl groups excluding tert-OH is 1. The van der Waals surface area contributed by atoms with Gasteiger partial charge in [-0.3, -0.25) is 0 Å². The second kappa shape index (κ2) is 4.90. The largest absolute Gasteiger partial charge is 0.386 e. The highest BCUT2D eigenvalue weighted by molar-refractivity contribution is 14.1. The van der Waals surface area contributed by atoms with Crippen LogP contribution in [0.5, 0.6) is 0 Å². The first-order chi connectivity index (χ1) is 6.77. The third-order valence-electron chi connectivity index (χ3n) is 2.84. The average Bonchev–Trinajstić information content (AvgIpc) is 2.65. The number of nitrogens with zero attached hydrogens (tertiary/aromatic N) is 1. The van der Waals surface area contributed by atoms with Gasteiger partial charge in [0.25, 0.3) is 0 Å². The van der Waals surface area contributed by atoms with Gasteiger partial charge in [-0.2, -0.15) is 0 Å². The zero-order valence-corrected chi connectivity index (χ0v) is 10.9. The molecule has 78 valence electrons. The van der Waals surface area contributed by atoms with Crippen molar-refractivity contribution in [1.29, 1.82) is 0 Å². The summed E-state index contributed by atoms with van der Waals surface area (Å²) in [7, 11) is 0. The Kier molecular flexibility index (Phi) is 3.79. The molecule has 0 bridgehead atoms. The molecule has 2 nitrogen and oxygen atoms in total. The molecule has 0 spiro atoms. The minimum atomic E-state index is -0.316. The van der Waals surface area contributed by atoms with Crippen molar-refractivity contribution in [3.05, 3.63) is 14.1 Å². The lowest BCUT2D eigenvalue weighted by atomic mass is 9.85. The predicted molar refractivity (Wildman–Crippen MR) is 66.4 cm³/mol. The third-order valence-corrected chi connectivity index (χ3v) is 4.64. The fourth-order valence-electron chi connectivity index (χ4n) is 2.06. The molecule has 0 aromatic carbocycles. The maximum absolute atomic E-state index is 10.1. The van der Waals surface area contributed by atoms with Crippen molar-refractivity contribution in [3.8, 4) is 0 Å². The van der Waals surface area contributed by atoms with Crippen molar-refractivity contribution in [2.75, 3.05) is 0 Å². The molecule has 1 aromatic rings. The van der Waals surface area contributed by atoms with Crippen molar-refractivity contribution in [1.82, 2.24) is 4.98 Å². The Morgan fingerprint density at radius 3 is 2.71 bits per heavy atom. The van der Waals surface area contributed by atoms with Gasteiger partial charge in [-0.15, -0.1) is 11.3 Å². The van der Waals surface area contributed by atoms with Crippen LogP contribution in [0.3, 0.4) is 0 Å². The van der Waals surface area contributed by atoms with Gasteiger partial charge in [-0.1, -0.05) is 19.3 Å². The van der Waals surface area contributed by atoms with Crippen molar-refractivity contribution >= 4 is 33.9 Å². The normalized spacial score (nSPS) is 21.0. The summed E-state index contributed by atoms with van der Waals surface area (Å²) >= 11 is 3.86. The molecule has 0 amide bonds. The summed E-state index contributed by atoms with van der Waals surface area (Å²) in [5.74, 6) is 0.450. The zero-order chi connectivity index (χ0) is 9.97. The predicted octanol–water partition coefficient (Wildman–Crippen LogP) is 3.36. The lowest BCUT2D eigenvalue weighted by Gasteiger charge is -2.25. The van der Waals surface area contributed by atoms with Crippen LogP contribution in [0.2, 0.25) is 0 Å². The number of rotatable bonds is 2. The summed E-state index contributed by atoms with van der Waals surface area (Å²) in [4.78, 5) is 4.25. The standard InChI is InChI=1S/C10H14INOS/c11-8-6-12-10(14-8)9(13)7-4-2-1-3-5-7/h6-7,9,13H,1-5H2. The van der Waals surface area contributed by atoms with E-state index in [1.165, 1.54) is 19.3 Å². The maximum Gasteiger partial charge on any atom is 0.122 e. The molecule has 0 saturated heterocycles. The maximum atomic E-state index is 10.1. The average molecular weight is 323 g/mol. The molecule has 1 N–H and O–H groups in total. The molecular weight excluding hydrogens is 309 g/mol. The minimum absolute atomic E-state index is 0.316. The Balaban J connectivity index is 2.03. The number of hydrogen-bond donors (Lipinski definition) is 1. The van der Waals surface area contributed by atoms with Crippen LogP contribution in [0.25, 0.3) is 0 Å². The Hall–Kier alpha value is 0.320. The van der Waals surface area contributed by atoms with Crippen LogP contribution in [0.4, 0.5) is 0 Å². The van der Waals surface area contributed by atoms with Gasteiger partial charge in [-0.05, 0) is 41.4 Å². The summed E-state index contributed by atoms with van der Waals surface area (Å²) in [5.41, 5.74) is 0. The van der Waals surface area contributed by atoms with E-state index in [1.807, 2.05) is 6.20 Å². The zero-order valence-electron chi connectivity index (χ0n) is 7.95. The second-order valence-corrected chi connectivity index (χ2v) is 6.80. The van der Waals surface area contributed by atoms with Crippen LogP contribution in [-0.4, -0.2) is 10.1 Å². The van der Waals surface area contributed by atoms with Gasteiger partial charge in [0.15, 0.2) is 0 Å². The van der Waals surface area contributed by atoms with E-state index in [2.05, 4.69) is 27.6 Å². The lowest BCUT2D eigenvalue weighted by molar-refractivity contribution is 0.0846. The van der Waals surface area contributed by atoms with Crippen molar-refractivity contribution in [2.24, 2.45) is 5.92 Å². The monoisotopic (exact) mass is 323 g/mol. The van der Waals surface area contributed by atoms with Gasteiger partial charge in [0.2, 0.25) is 0 Å². The SMILES string of the molecule is OC(c1ncc(I)s1)C1CCCCC1. The number of thiazole rings is 1. The Labute approximate surface area is 102 Å². The second-order valence-electron chi connectivity index (χ2n) is 3.85. The van der Waals surface area contributed by atoms with Crippen LogP contribution in [0.1, 0.15) is 43.2 Å². The van der Waals surface area contributed by atoms with E-state index in [0.29, 0.717) is 5.92 Å². The Morgan fingerprint density at radius 1 is 1.43 bits per heavy atom. The molecule has 1 atom stereocenters. The first-order valence-corrected chi connectivity index (χ1v) is 6.96. The van der Waals surface area contributed by atoms with E-state index in [4.69, 9.17) is 0 Å². The summed E-state index contributed by atoms with van der Waals surface area (Å²) in [6, 6.07) is 0. The van der Waals surface area contributed by atoms with Gasteiger partial charge in [0, 0.05) is 0 Å². The Bertz CT molecular complexity index is 296. The molecular formula is C10H14INOS. The fourth-order valence-corrected chi connectivity index (χ4v) is 3.60. The van der Waals surface area contributed by atoms with Crippen molar-refractivity contribution in [3.63, 3.8) is 0 Å². The molecule has 0 radical (unpaired) electrons. The first kappa shape index (κ1) is 10.8. The quantitative estimate of drug-likeness (QED) is 0.847. The molecule has 1 heterocycles. The fraction of sp³-hybridized carbons (Fsp3) is 0.700. The van der Waals surface area contributed by atoms with Gasteiger partial charge >= 0.3 is 0 Å². The highest BCUT2D eigenvalue weighted by atomic mass is 127. The van der Waals surface area contributed by atoms with Crippen LogP contribution in [-0.2, 0) is 0 Å². The summed E-state index contributed by atoms with van der Waals surface area (Å²) in [6.07, 6.45) is 7.72. The number of hydrogen-bond acceptors (Lipinski definition) is 3. The topological polar surface area (TPSA) is 33.1 Å². The van der Waals surface area contributed by atoms with E-state index in [1.54, 1.807) is 11.3 Å². The van der Waals surface area contributed by atoms with E-state index < -0.39 is 0 Å². The van der Waals surface area contributed by atoms with Crippen LogP contribution in [0.15, 0.2) is 6.20 Å². The summed E-state index contributed by atoms with van der Waals surface area (Å²) in [6.45, 7) is 0. The van der Waals surface area contributed by atoms with E-state index in [9.17, 15) is 5.11 Å². The molecule has 1 fully saturated rings. The highest BCUT2D eigenvalue weighted by Gasteiger charge is 2.24. The van der Waals surface area contributed by atoms with Gasteiger partial charge < -0.3 is 5.11 Å². The third kappa shape index (κ3) is 2.46. The van der Waals surface area contributed by atoms with Crippen LogP contribution >= 0.6 is 33.9 Å². The molecule has 14 heavy (non-hydrogen) atoms. The van der Waals surface area contributed by atoms with Gasteiger partial charge in [0.05, 0.1) is 9.08 Å². The molecule has 0 aliphatic heterocycles. The van der Waals surface area contributed by atoms with Gasteiger partial charge in [0.1, 0.15) is 11.1 Å². The molecule has 1 aliphatic carbocycles. The molecule has 1 aliphatic rings. The van der Waals surface area contributed by atoms with Crippen molar-refractivity contribution < 1.29 is 5.11 Å². The molecule has 4 heteroatoms. The smallest absolute Gasteiger partial charge is 0.122 e. The molecule has 2 rings (SSSR count). The molecule has 1 unspecified atom stereocenters. The minimum Gasteiger partial charge on any atom is -0.386 e. The van der Waals surface area contributed by atoms with Crippen molar-refractivity contribution in [2.45, 2.75) is 38.2 Å². The summed E-state index contributed by atoms with van der Waals surface area (Å²) < 4.78 is 1.16. The number of aliphatic hydroxyl groups is 1. The van der Waals surface area contributed by atoms with Gasteiger partial charge in [-0.25, -0.2) is 4.98 Å². The highest BCUT2D eigenvalue weighted by Crippen LogP contribution is 2.35. The van der Waals surface area contributed by atoms with E-state index >= 15 is 0 Å². The van der Waals surface area contributed by atoms with Crippen LogP contribution < -0.4 is 0 Å². The van der Waals surface area contributed by atoms with E-state index in [0.717, 1.165) is 20.7 Å². The number of halogens is 1. The molecule has 1 aromatic heterocycles. The first-order valence-electron chi connectivity index (χ1n) is 5.06. The molecule has 1 saturated carbocycles. The van der Waals surface area contributed by atoms with E-state index in [-0.39, 0.29) is 6.10 Å². The number of aromatic nitrogens is 1.